The summed E-state index contributed by atoms with van der Waals surface area (Å²) in [5.74, 6) is 0.211. The summed E-state index contributed by atoms with van der Waals surface area (Å²) < 4.78 is 0. The van der Waals surface area contributed by atoms with Crippen LogP contribution in [0.1, 0.15) is 44.7 Å². The van der Waals surface area contributed by atoms with Gasteiger partial charge in [0.2, 0.25) is 5.91 Å². The van der Waals surface area contributed by atoms with E-state index in [0.29, 0.717) is 6.54 Å². The fourth-order valence-electron chi connectivity index (χ4n) is 2.62. The molecule has 0 aliphatic carbocycles. The van der Waals surface area contributed by atoms with Crippen molar-refractivity contribution in [3.63, 3.8) is 0 Å². The molecule has 1 aliphatic rings. The predicted molar refractivity (Wildman–Crippen MR) is 82.6 cm³/mol. The van der Waals surface area contributed by atoms with Gasteiger partial charge in [0.15, 0.2) is 0 Å². The average molecular weight is 274 g/mol. The van der Waals surface area contributed by atoms with E-state index in [0.717, 1.165) is 19.4 Å². The van der Waals surface area contributed by atoms with Crippen LogP contribution in [-0.4, -0.2) is 30.4 Å². The van der Waals surface area contributed by atoms with Crippen LogP contribution in [-0.2, 0) is 16.8 Å². The van der Waals surface area contributed by atoms with Gasteiger partial charge >= 0.3 is 0 Å². The van der Waals surface area contributed by atoms with Gasteiger partial charge in [-0.15, -0.1) is 0 Å². The highest BCUT2D eigenvalue weighted by molar-refractivity contribution is 5.81. The first kappa shape index (κ1) is 15.0. The molecule has 1 amide bonds. The number of rotatable bonds is 3. The van der Waals surface area contributed by atoms with E-state index in [1.165, 1.54) is 11.1 Å². The predicted octanol–water partition coefficient (Wildman–Crippen LogP) is 2.69. The zero-order valence-corrected chi connectivity index (χ0v) is 13.1. The number of hydrogen-bond donors (Lipinski definition) is 1. The molecule has 1 fully saturated rings. The molecule has 0 unspecified atom stereocenters. The normalized spacial score (nSPS) is 19.1. The van der Waals surface area contributed by atoms with Crippen molar-refractivity contribution in [3.8, 4) is 0 Å². The topological polar surface area (TPSA) is 32.3 Å². The molecule has 2 rings (SSSR count). The van der Waals surface area contributed by atoms with E-state index in [4.69, 9.17) is 0 Å². The number of hydrogen-bond acceptors (Lipinski definition) is 2. The Kier molecular flexibility index (Phi) is 4.48. The van der Waals surface area contributed by atoms with Crippen molar-refractivity contribution in [1.29, 1.82) is 0 Å². The molecule has 1 aromatic carbocycles. The lowest BCUT2D eigenvalue weighted by molar-refractivity contribution is -0.132. The van der Waals surface area contributed by atoms with Crippen LogP contribution in [0.5, 0.6) is 0 Å². The molecule has 1 N–H and O–H groups in total. The van der Waals surface area contributed by atoms with Crippen LogP contribution in [0.15, 0.2) is 24.3 Å². The van der Waals surface area contributed by atoms with Crippen molar-refractivity contribution in [2.24, 2.45) is 0 Å². The van der Waals surface area contributed by atoms with Gasteiger partial charge in [-0.2, -0.15) is 0 Å². The van der Waals surface area contributed by atoms with Crippen molar-refractivity contribution >= 4 is 5.91 Å². The summed E-state index contributed by atoms with van der Waals surface area (Å²) in [4.78, 5) is 14.1. The van der Waals surface area contributed by atoms with Gasteiger partial charge in [-0.05, 0) is 35.9 Å². The average Bonchev–Trinajstić information content (AvgIpc) is 2.91. The zero-order valence-electron chi connectivity index (χ0n) is 13.1. The highest BCUT2D eigenvalue weighted by Crippen LogP contribution is 2.22. The number of likely N-dealkylation sites (N-methyl/N-ethyl adjacent to an activating group) is 1. The first-order chi connectivity index (χ1) is 9.38. The third-order valence-electron chi connectivity index (χ3n) is 3.97. The maximum atomic E-state index is 12.2. The standard InChI is InChI=1S/C17H26N2O/c1-17(2,3)14-9-7-13(8-10-14)12-19(4)16(20)15-6-5-11-18-15/h7-10,15,18H,5-6,11-12H2,1-4H3/t15-/m1/s1. The molecule has 1 saturated heterocycles. The van der Waals surface area contributed by atoms with Gasteiger partial charge in [0, 0.05) is 13.6 Å². The summed E-state index contributed by atoms with van der Waals surface area (Å²) in [6.45, 7) is 8.28. The number of carbonyl (C=O) groups is 1. The quantitative estimate of drug-likeness (QED) is 0.919. The Balaban J connectivity index is 1.97. The summed E-state index contributed by atoms with van der Waals surface area (Å²) in [6.07, 6.45) is 2.07. The molecular weight excluding hydrogens is 248 g/mol. The summed E-state index contributed by atoms with van der Waals surface area (Å²) in [5.41, 5.74) is 2.69. The maximum absolute atomic E-state index is 12.2. The monoisotopic (exact) mass is 274 g/mol. The molecule has 1 aromatic rings. The largest absolute Gasteiger partial charge is 0.340 e. The molecule has 1 atom stereocenters. The summed E-state index contributed by atoms with van der Waals surface area (Å²) in [6, 6.07) is 8.62. The van der Waals surface area contributed by atoms with E-state index in [1.807, 2.05) is 11.9 Å². The van der Waals surface area contributed by atoms with E-state index in [1.54, 1.807) is 0 Å². The van der Waals surface area contributed by atoms with Crippen LogP contribution in [0, 0.1) is 0 Å². The van der Waals surface area contributed by atoms with Crippen molar-refractivity contribution < 1.29 is 4.79 Å². The molecule has 0 spiro atoms. The van der Waals surface area contributed by atoms with Crippen molar-refractivity contribution in [3.05, 3.63) is 35.4 Å². The molecule has 1 aliphatic heterocycles. The Morgan fingerprint density at radius 2 is 1.95 bits per heavy atom. The molecule has 20 heavy (non-hydrogen) atoms. The highest BCUT2D eigenvalue weighted by atomic mass is 16.2. The summed E-state index contributed by atoms with van der Waals surface area (Å²) >= 11 is 0. The van der Waals surface area contributed by atoms with Crippen LogP contribution in [0.3, 0.4) is 0 Å². The van der Waals surface area contributed by atoms with Crippen LogP contribution in [0.25, 0.3) is 0 Å². The molecule has 0 bridgehead atoms. The van der Waals surface area contributed by atoms with E-state index < -0.39 is 0 Å². The Bertz CT molecular complexity index is 453. The van der Waals surface area contributed by atoms with Gasteiger partial charge < -0.3 is 10.2 Å². The van der Waals surface area contributed by atoms with Crippen LogP contribution in [0.2, 0.25) is 0 Å². The minimum Gasteiger partial charge on any atom is -0.340 e. The number of amides is 1. The van der Waals surface area contributed by atoms with Crippen LogP contribution >= 0.6 is 0 Å². The Morgan fingerprint density at radius 1 is 1.30 bits per heavy atom. The number of nitrogens with one attached hydrogen (secondary N) is 1. The molecule has 3 nitrogen and oxygen atoms in total. The lowest BCUT2D eigenvalue weighted by Crippen LogP contribution is -2.41. The molecule has 0 aromatic heterocycles. The van der Waals surface area contributed by atoms with E-state index in [-0.39, 0.29) is 17.4 Å². The summed E-state index contributed by atoms with van der Waals surface area (Å²) in [5, 5.41) is 3.26. The van der Waals surface area contributed by atoms with Crippen molar-refractivity contribution in [2.45, 2.75) is 51.6 Å². The second-order valence-corrected chi connectivity index (χ2v) is 6.79. The zero-order chi connectivity index (χ0) is 14.8. The molecule has 0 radical (unpaired) electrons. The third-order valence-corrected chi connectivity index (χ3v) is 3.97. The van der Waals surface area contributed by atoms with Crippen molar-refractivity contribution in [2.75, 3.05) is 13.6 Å². The van der Waals surface area contributed by atoms with Crippen LogP contribution in [0.4, 0.5) is 0 Å². The first-order valence-corrected chi connectivity index (χ1v) is 7.46. The Morgan fingerprint density at radius 3 is 2.45 bits per heavy atom. The van der Waals surface area contributed by atoms with Gasteiger partial charge in [0.25, 0.3) is 0 Å². The Hall–Kier alpha value is -1.35. The van der Waals surface area contributed by atoms with Gasteiger partial charge in [0.05, 0.1) is 6.04 Å². The lowest BCUT2D eigenvalue weighted by Gasteiger charge is -2.22. The molecular formula is C17H26N2O. The summed E-state index contributed by atoms with van der Waals surface area (Å²) in [7, 11) is 1.89. The lowest BCUT2D eigenvalue weighted by atomic mass is 9.87. The van der Waals surface area contributed by atoms with Gasteiger partial charge in [-0.25, -0.2) is 0 Å². The maximum Gasteiger partial charge on any atom is 0.239 e. The molecule has 0 saturated carbocycles. The molecule has 3 heteroatoms. The van der Waals surface area contributed by atoms with Gasteiger partial charge in [0.1, 0.15) is 0 Å². The van der Waals surface area contributed by atoms with E-state index in [9.17, 15) is 4.79 Å². The number of carbonyl (C=O) groups excluding carboxylic acids is 1. The highest BCUT2D eigenvalue weighted by Gasteiger charge is 2.24. The number of nitrogens with zero attached hydrogens (tertiary/aromatic N) is 1. The minimum atomic E-state index is 0.0221. The van der Waals surface area contributed by atoms with Gasteiger partial charge in [-0.3, -0.25) is 4.79 Å². The second-order valence-electron chi connectivity index (χ2n) is 6.79. The second kappa shape index (κ2) is 5.96. The number of benzene rings is 1. The minimum absolute atomic E-state index is 0.0221. The van der Waals surface area contributed by atoms with E-state index >= 15 is 0 Å². The van der Waals surface area contributed by atoms with Crippen LogP contribution < -0.4 is 5.32 Å². The van der Waals surface area contributed by atoms with E-state index in [2.05, 4.69) is 50.4 Å². The SMILES string of the molecule is CN(Cc1ccc(C(C)(C)C)cc1)C(=O)[C@H]1CCCN1. The fraction of sp³-hybridized carbons (Fsp3) is 0.588. The van der Waals surface area contributed by atoms with Crippen molar-refractivity contribution in [1.82, 2.24) is 10.2 Å². The van der Waals surface area contributed by atoms with Gasteiger partial charge in [-0.1, -0.05) is 45.0 Å². The first-order valence-electron chi connectivity index (χ1n) is 7.46. The molecule has 1 heterocycles. The Labute approximate surface area is 122 Å². The smallest absolute Gasteiger partial charge is 0.239 e. The fourth-order valence-corrected chi connectivity index (χ4v) is 2.62. The molecule has 110 valence electrons. The third kappa shape index (κ3) is 3.60.